The van der Waals surface area contributed by atoms with E-state index in [1.54, 1.807) is 7.05 Å². The van der Waals surface area contributed by atoms with E-state index in [0.717, 1.165) is 36.7 Å². The van der Waals surface area contributed by atoms with Gasteiger partial charge >= 0.3 is 5.97 Å². The molecular weight excluding hydrogens is 419 g/mol. The number of esters is 1. The van der Waals surface area contributed by atoms with Crippen molar-refractivity contribution in [2.45, 2.75) is 33.2 Å². The number of halogens is 1. The molecule has 0 aromatic carbocycles. The summed E-state index contributed by atoms with van der Waals surface area (Å²) < 4.78 is 5.15. The lowest BCUT2D eigenvalue weighted by Crippen LogP contribution is -2.48. The molecule has 1 aliphatic rings. The minimum Gasteiger partial charge on any atom is -0.466 e. The highest BCUT2D eigenvalue weighted by molar-refractivity contribution is 14.0. The molecule has 0 bridgehead atoms. The van der Waals surface area contributed by atoms with Crippen molar-refractivity contribution in [3.05, 3.63) is 29.6 Å². The zero-order valence-corrected chi connectivity index (χ0v) is 16.9. The van der Waals surface area contributed by atoms with Gasteiger partial charge < -0.3 is 15.0 Å². The van der Waals surface area contributed by atoms with E-state index in [1.165, 1.54) is 0 Å². The predicted molar refractivity (Wildman–Crippen MR) is 106 cm³/mol. The summed E-state index contributed by atoms with van der Waals surface area (Å²) in [4.78, 5) is 22.9. The summed E-state index contributed by atoms with van der Waals surface area (Å²) in [6, 6.07) is 5.97. The van der Waals surface area contributed by atoms with Gasteiger partial charge in [-0.1, -0.05) is 6.07 Å². The molecule has 6 nitrogen and oxygen atoms in total. The van der Waals surface area contributed by atoms with Crippen LogP contribution in [0.3, 0.4) is 0 Å². The van der Waals surface area contributed by atoms with E-state index < -0.39 is 0 Å². The van der Waals surface area contributed by atoms with E-state index in [2.05, 4.69) is 20.2 Å². The van der Waals surface area contributed by atoms with Crippen LogP contribution in [-0.4, -0.2) is 48.6 Å². The third-order valence-electron chi connectivity index (χ3n) is 3.93. The van der Waals surface area contributed by atoms with Gasteiger partial charge in [-0.15, -0.1) is 24.0 Å². The second-order valence-electron chi connectivity index (χ2n) is 5.71. The first-order chi connectivity index (χ1) is 11.1. The Hall–Kier alpha value is -1.38. The van der Waals surface area contributed by atoms with Gasteiger partial charge in [0.05, 0.1) is 24.8 Å². The monoisotopic (exact) mass is 446 g/mol. The number of aryl methyl sites for hydroxylation is 1. The summed E-state index contributed by atoms with van der Waals surface area (Å²) in [6.07, 6.45) is 1.85. The van der Waals surface area contributed by atoms with Crippen LogP contribution < -0.4 is 5.32 Å². The van der Waals surface area contributed by atoms with Crippen LogP contribution in [0.25, 0.3) is 0 Å². The van der Waals surface area contributed by atoms with Crippen LogP contribution in [0.15, 0.2) is 23.2 Å². The summed E-state index contributed by atoms with van der Waals surface area (Å²) in [6.45, 7) is 6.42. The van der Waals surface area contributed by atoms with Crippen LogP contribution in [0.4, 0.5) is 0 Å². The minimum atomic E-state index is -0.104. The smallest absolute Gasteiger partial charge is 0.310 e. The zero-order chi connectivity index (χ0) is 16.7. The number of guanidine groups is 1. The normalized spacial score (nSPS) is 17.9. The predicted octanol–water partition coefficient (Wildman–Crippen LogP) is 2.36. The van der Waals surface area contributed by atoms with Crippen LogP contribution in [-0.2, 0) is 16.1 Å². The van der Waals surface area contributed by atoms with Crippen molar-refractivity contribution in [1.29, 1.82) is 0 Å². The fourth-order valence-corrected chi connectivity index (χ4v) is 2.82. The van der Waals surface area contributed by atoms with Gasteiger partial charge in [0, 0.05) is 25.8 Å². The standard InChI is InChI=1S/C17H26N4O2.HI/c1-4-23-16(22)14-8-6-10-21(12-14)17(18-3)19-11-15-9-5-7-13(2)20-15;/h5,7,9,14H,4,6,8,10-12H2,1-3H3,(H,18,19);1H. The largest absolute Gasteiger partial charge is 0.466 e. The highest BCUT2D eigenvalue weighted by atomic mass is 127. The summed E-state index contributed by atoms with van der Waals surface area (Å²) in [5.74, 6) is 0.634. The molecule has 0 aliphatic carbocycles. The van der Waals surface area contributed by atoms with Gasteiger partial charge in [-0.05, 0) is 38.8 Å². The summed E-state index contributed by atoms with van der Waals surface area (Å²) in [7, 11) is 1.76. The first kappa shape index (κ1) is 20.7. The molecule has 1 aromatic heterocycles. The van der Waals surface area contributed by atoms with E-state index in [9.17, 15) is 4.79 Å². The molecule has 2 rings (SSSR count). The number of aromatic nitrogens is 1. The van der Waals surface area contributed by atoms with Gasteiger partial charge in [-0.25, -0.2) is 0 Å². The lowest BCUT2D eigenvalue weighted by atomic mass is 9.98. The first-order valence-corrected chi connectivity index (χ1v) is 8.18. The van der Waals surface area contributed by atoms with Gasteiger partial charge in [-0.3, -0.25) is 14.8 Å². The van der Waals surface area contributed by atoms with Gasteiger partial charge in [0.15, 0.2) is 5.96 Å². The Balaban J connectivity index is 0.00000288. The molecule has 0 radical (unpaired) electrons. The molecular formula is C17H27IN4O2. The maximum atomic E-state index is 12.0. The number of hydrogen-bond donors (Lipinski definition) is 1. The van der Waals surface area contributed by atoms with Crippen molar-refractivity contribution in [3.8, 4) is 0 Å². The molecule has 7 heteroatoms. The quantitative estimate of drug-likeness (QED) is 0.333. The van der Waals surface area contributed by atoms with E-state index in [0.29, 0.717) is 19.7 Å². The molecule has 2 heterocycles. The first-order valence-electron chi connectivity index (χ1n) is 8.18. The lowest BCUT2D eigenvalue weighted by Gasteiger charge is -2.33. The number of aliphatic imine (C=N–C) groups is 1. The SMILES string of the molecule is CCOC(=O)C1CCCN(C(=NC)NCc2cccc(C)n2)C1.I. The Kier molecular flexibility index (Phi) is 9.02. The topological polar surface area (TPSA) is 66.8 Å². The van der Waals surface area contributed by atoms with Crippen molar-refractivity contribution >= 4 is 35.9 Å². The number of piperidine rings is 1. The number of rotatable bonds is 4. The summed E-state index contributed by atoms with van der Waals surface area (Å²) in [5, 5.41) is 3.34. The summed E-state index contributed by atoms with van der Waals surface area (Å²) >= 11 is 0. The Morgan fingerprint density at radius 3 is 2.96 bits per heavy atom. The fourth-order valence-electron chi connectivity index (χ4n) is 2.82. The fraction of sp³-hybridized carbons (Fsp3) is 0.588. The average molecular weight is 446 g/mol. The minimum absolute atomic E-state index is 0. The van der Waals surface area contributed by atoms with E-state index in [-0.39, 0.29) is 35.9 Å². The molecule has 0 saturated carbocycles. The van der Waals surface area contributed by atoms with Crippen molar-refractivity contribution in [2.24, 2.45) is 10.9 Å². The Bertz CT molecular complexity index is 565. The molecule has 24 heavy (non-hydrogen) atoms. The van der Waals surface area contributed by atoms with Gasteiger partial charge in [0.25, 0.3) is 0 Å². The van der Waals surface area contributed by atoms with Gasteiger partial charge in [-0.2, -0.15) is 0 Å². The van der Waals surface area contributed by atoms with Crippen LogP contribution in [0.5, 0.6) is 0 Å². The highest BCUT2D eigenvalue weighted by Gasteiger charge is 2.28. The van der Waals surface area contributed by atoms with Gasteiger partial charge in [0.1, 0.15) is 0 Å². The molecule has 0 spiro atoms. The van der Waals surface area contributed by atoms with E-state index in [4.69, 9.17) is 4.74 Å². The molecule has 1 saturated heterocycles. The number of nitrogens with zero attached hydrogens (tertiary/aromatic N) is 3. The molecule has 1 fully saturated rings. The molecule has 0 amide bonds. The zero-order valence-electron chi connectivity index (χ0n) is 14.6. The van der Waals surface area contributed by atoms with Crippen molar-refractivity contribution < 1.29 is 9.53 Å². The maximum absolute atomic E-state index is 12.0. The second-order valence-corrected chi connectivity index (χ2v) is 5.71. The molecule has 1 aliphatic heterocycles. The number of hydrogen-bond acceptors (Lipinski definition) is 4. The van der Waals surface area contributed by atoms with Crippen LogP contribution in [0, 0.1) is 12.8 Å². The molecule has 134 valence electrons. The number of nitrogens with one attached hydrogen (secondary N) is 1. The number of pyridine rings is 1. The number of carbonyl (C=O) groups excluding carboxylic acids is 1. The van der Waals surface area contributed by atoms with Crippen LogP contribution in [0.2, 0.25) is 0 Å². The van der Waals surface area contributed by atoms with Crippen molar-refractivity contribution in [3.63, 3.8) is 0 Å². The Morgan fingerprint density at radius 1 is 1.50 bits per heavy atom. The number of likely N-dealkylation sites (tertiary alicyclic amines) is 1. The van der Waals surface area contributed by atoms with E-state index >= 15 is 0 Å². The lowest BCUT2D eigenvalue weighted by molar-refractivity contribution is -0.149. The van der Waals surface area contributed by atoms with Gasteiger partial charge in [0.2, 0.25) is 0 Å². The Morgan fingerprint density at radius 2 is 2.29 bits per heavy atom. The van der Waals surface area contributed by atoms with Crippen molar-refractivity contribution in [2.75, 3.05) is 26.7 Å². The third-order valence-corrected chi connectivity index (χ3v) is 3.93. The molecule has 1 aromatic rings. The second kappa shape index (κ2) is 10.5. The average Bonchev–Trinajstić information content (AvgIpc) is 2.56. The molecule has 1 N–H and O–H groups in total. The molecule has 1 unspecified atom stereocenters. The Labute approximate surface area is 161 Å². The maximum Gasteiger partial charge on any atom is 0.310 e. The van der Waals surface area contributed by atoms with Crippen LogP contribution >= 0.6 is 24.0 Å². The number of ether oxygens (including phenoxy) is 1. The number of carbonyl (C=O) groups is 1. The summed E-state index contributed by atoms with van der Waals surface area (Å²) in [5.41, 5.74) is 1.98. The third kappa shape index (κ3) is 5.92. The van der Waals surface area contributed by atoms with Crippen molar-refractivity contribution in [1.82, 2.24) is 15.2 Å². The highest BCUT2D eigenvalue weighted by Crippen LogP contribution is 2.18. The van der Waals surface area contributed by atoms with Crippen LogP contribution in [0.1, 0.15) is 31.2 Å². The van der Waals surface area contributed by atoms with E-state index in [1.807, 2.05) is 32.0 Å². The molecule has 1 atom stereocenters.